The second kappa shape index (κ2) is 8.23. The zero-order valence-corrected chi connectivity index (χ0v) is 13.2. The van der Waals surface area contributed by atoms with Crippen LogP contribution in [0.2, 0.25) is 0 Å². The van der Waals surface area contributed by atoms with Gasteiger partial charge < -0.3 is 9.47 Å². The summed E-state index contributed by atoms with van der Waals surface area (Å²) in [6, 6.07) is 15.3. The van der Waals surface area contributed by atoms with Gasteiger partial charge in [-0.1, -0.05) is 36.4 Å². The number of hydrogen-bond acceptors (Lipinski definition) is 3. The molecule has 3 heteroatoms. The van der Waals surface area contributed by atoms with Crippen molar-refractivity contribution in [2.24, 2.45) is 0 Å². The topological polar surface area (TPSA) is 35.5 Å². The van der Waals surface area contributed by atoms with Crippen molar-refractivity contribution in [3.05, 3.63) is 59.7 Å². The van der Waals surface area contributed by atoms with Gasteiger partial charge in [-0.25, -0.2) is 0 Å². The van der Waals surface area contributed by atoms with Crippen LogP contribution in [-0.4, -0.2) is 19.0 Å². The largest absolute Gasteiger partial charge is 0.490 e. The molecule has 0 heterocycles. The third kappa shape index (κ3) is 4.35. The maximum atomic E-state index is 12.1. The highest BCUT2D eigenvalue weighted by Gasteiger charge is 2.09. The quantitative estimate of drug-likeness (QED) is 0.682. The molecule has 116 valence electrons. The fraction of sp³-hybridized carbons (Fsp3) is 0.316. The number of aryl methyl sites for hydroxylation is 1. The summed E-state index contributed by atoms with van der Waals surface area (Å²) >= 11 is 0. The summed E-state index contributed by atoms with van der Waals surface area (Å²) < 4.78 is 11.2. The molecule has 0 N–H and O–H groups in total. The standard InChI is InChI=1S/C19H22O3/c1-3-21-18-13-11-15(14-19(18)22-4-2)10-12-17(20)16-8-6-5-7-9-16/h5-9,11,13-14H,3-4,10,12H2,1-2H3. The van der Waals surface area contributed by atoms with Crippen molar-refractivity contribution in [3.63, 3.8) is 0 Å². The van der Waals surface area contributed by atoms with E-state index in [1.165, 1.54) is 0 Å². The first-order chi connectivity index (χ1) is 10.7. The van der Waals surface area contributed by atoms with Gasteiger partial charge in [0, 0.05) is 12.0 Å². The van der Waals surface area contributed by atoms with E-state index in [2.05, 4.69) is 0 Å². The molecular formula is C19H22O3. The van der Waals surface area contributed by atoms with Crippen LogP contribution in [0.3, 0.4) is 0 Å². The van der Waals surface area contributed by atoms with E-state index in [-0.39, 0.29) is 5.78 Å². The highest BCUT2D eigenvalue weighted by molar-refractivity contribution is 5.96. The molecule has 0 radical (unpaired) electrons. The molecule has 22 heavy (non-hydrogen) atoms. The summed E-state index contributed by atoms with van der Waals surface area (Å²) in [5.41, 5.74) is 1.84. The van der Waals surface area contributed by atoms with E-state index in [1.807, 2.05) is 62.4 Å². The van der Waals surface area contributed by atoms with E-state index in [0.29, 0.717) is 26.1 Å². The molecule has 0 unspecified atom stereocenters. The van der Waals surface area contributed by atoms with Crippen molar-refractivity contribution >= 4 is 5.78 Å². The van der Waals surface area contributed by atoms with Crippen LogP contribution in [-0.2, 0) is 6.42 Å². The molecule has 2 aromatic carbocycles. The van der Waals surface area contributed by atoms with Gasteiger partial charge in [-0.15, -0.1) is 0 Å². The monoisotopic (exact) mass is 298 g/mol. The summed E-state index contributed by atoms with van der Waals surface area (Å²) in [6.07, 6.45) is 1.18. The molecule has 0 atom stereocenters. The number of carbonyl (C=O) groups excluding carboxylic acids is 1. The lowest BCUT2D eigenvalue weighted by atomic mass is 10.0. The molecule has 0 saturated heterocycles. The average Bonchev–Trinajstić information content (AvgIpc) is 2.56. The Kier molecular flexibility index (Phi) is 6.01. The summed E-state index contributed by atoms with van der Waals surface area (Å²) in [5.74, 6) is 1.66. The van der Waals surface area contributed by atoms with Gasteiger partial charge in [-0.05, 0) is 38.0 Å². The van der Waals surface area contributed by atoms with Crippen LogP contribution in [0, 0.1) is 0 Å². The average molecular weight is 298 g/mol. The molecule has 3 nitrogen and oxygen atoms in total. The second-order valence-corrected chi connectivity index (χ2v) is 4.94. The first-order valence-electron chi connectivity index (χ1n) is 7.71. The lowest BCUT2D eigenvalue weighted by Crippen LogP contribution is -2.02. The molecule has 0 amide bonds. The van der Waals surface area contributed by atoms with E-state index in [1.54, 1.807) is 0 Å². The third-order valence-corrected chi connectivity index (χ3v) is 3.34. The van der Waals surface area contributed by atoms with Crippen LogP contribution in [0.4, 0.5) is 0 Å². The van der Waals surface area contributed by atoms with Gasteiger partial charge in [0.1, 0.15) is 0 Å². The van der Waals surface area contributed by atoms with Crippen LogP contribution in [0.5, 0.6) is 11.5 Å². The normalized spacial score (nSPS) is 10.3. The van der Waals surface area contributed by atoms with Crippen LogP contribution in [0.15, 0.2) is 48.5 Å². The van der Waals surface area contributed by atoms with Crippen molar-refractivity contribution in [3.8, 4) is 11.5 Å². The minimum Gasteiger partial charge on any atom is -0.490 e. The third-order valence-electron chi connectivity index (χ3n) is 3.34. The van der Waals surface area contributed by atoms with Crippen LogP contribution < -0.4 is 9.47 Å². The van der Waals surface area contributed by atoms with E-state index < -0.39 is 0 Å². The Morgan fingerprint density at radius 2 is 1.59 bits per heavy atom. The van der Waals surface area contributed by atoms with Gasteiger partial charge in [0.25, 0.3) is 0 Å². The number of hydrogen-bond donors (Lipinski definition) is 0. The molecule has 0 saturated carbocycles. The van der Waals surface area contributed by atoms with Gasteiger partial charge >= 0.3 is 0 Å². The maximum absolute atomic E-state index is 12.1. The molecule has 0 aliphatic heterocycles. The van der Waals surface area contributed by atoms with Crippen LogP contribution in [0.25, 0.3) is 0 Å². The fourth-order valence-electron chi connectivity index (χ4n) is 2.28. The first-order valence-corrected chi connectivity index (χ1v) is 7.71. The highest BCUT2D eigenvalue weighted by atomic mass is 16.5. The molecule has 0 aliphatic rings. The molecule has 0 fully saturated rings. The van der Waals surface area contributed by atoms with Gasteiger partial charge in [0.15, 0.2) is 17.3 Å². The molecule has 2 aromatic rings. The SMILES string of the molecule is CCOc1ccc(CCC(=O)c2ccccc2)cc1OCC. The Morgan fingerprint density at radius 3 is 2.27 bits per heavy atom. The van der Waals surface area contributed by atoms with Gasteiger partial charge in [0.2, 0.25) is 0 Å². The minimum atomic E-state index is 0.160. The zero-order chi connectivity index (χ0) is 15.8. The van der Waals surface area contributed by atoms with Crippen molar-refractivity contribution in [2.45, 2.75) is 26.7 Å². The molecule has 0 aliphatic carbocycles. The smallest absolute Gasteiger partial charge is 0.163 e. The summed E-state index contributed by atoms with van der Waals surface area (Å²) in [6.45, 7) is 5.09. The number of ketones is 1. The van der Waals surface area contributed by atoms with Gasteiger partial charge in [-0.2, -0.15) is 0 Å². The van der Waals surface area contributed by atoms with Crippen LogP contribution >= 0.6 is 0 Å². The molecule has 2 rings (SSSR count). The highest BCUT2D eigenvalue weighted by Crippen LogP contribution is 2.29. The number of Topliss-reactive ketones (excluding diaryl/α,β-unsaturated/α-hetero) is 1. The molecule has 0 bridgehead atoms. The predicted octanol–water partition coefficient (Wildman–Crippen LogP) is 4.30. The van der Waals surface area contributed by atoms with Gasteiger partial charge in [0.05, 0.1) is 13.2 Å². The van der Waals surface area contributed by atoms with Gasteiger partial charge in [-0.3, -0.25) is 4.79 Å². The van der Waals surface area contributed by atoms with E-state index in [0.717, 1.165) is 22.6 Å². The Labute approximate surface area is 131 Å². The second-order valence-electron chi connectivity index (χ2n) is 4.94. The number of rotatable bonds is 8. The maximum Gasteiger partial charge on any atom is 0.163 e. The lowest BCUT2D eigenvalue weighted by Gasteiger charge is -2.12. The van der Waals surface area contributed by atoms with Crippen molar-refractivity contribution in [1.82, 2.24) is 0 Å². The Hall–Kier alpha value is -2.29. The number of ether oxygens (including phenoxy) is 2. The van der Waals surface area contributed by atoms with E-state index >= 15 is 0 Å². The van der Waals surface area contributed by atoms with Crippen molar-refractivity contribution in [2.75, 3.05) is 13.2 Å². The summed E-state index contributed by atoms with van der Waals surface area (Å²) in [7, 11) is 0. The zero-order valence-electron chi connectivity index (χ0n) is 13.2. The molecule has 0 aromatic heterocycles. The predicted molar refractivity (Wildman–Crippen MR) is 87.9 cm³/mol. The summed E-state index contributed by atoms with van der Waals surface area (Å²) in [5, 5.41) is 0. The van der Waals surface area contributed by atoms with E-state index in [9.17, 15) is 4.79 Å². The minimum absolute atomic E-state index is 0.160. The Morgan fingerprint density at radius 1 is 0.909 bits per heavy atom. The van der Waals surface area contributed by atoms with Crippen molar-refractivity contribution < 1.29 is 14.3 Å². The lowest BCUT2D eigenvalue weighted by molar-refractivity contribution is 0.0983. The number of carbonyl (C=O) groups is 1. The van der Waals surface area contributed by atoms with Crippen molar-refractivity contribution in [1.29, 1.82) is 0 Å². The Balaban J connectivity index is 2.03. The fourth-order valence-corrected chi connectivity index (χ4v) is 2.28. The molecule has 0 spiro atoms. The van der Waals surface area contributed by atoms with E-state index in [4.69, 9.17) is 9.47 Å². The molecular weight excluding hydrogens is 276 g/mol. The van der Waals surface area contributed by atoms with Crippen LogP contribution in [0.1, 0.15) is 36.2 Å². The first kappa shape index (κ1) is 16.1. The Bertz CT molecular complexity index is 605. The summed E-state index contributed by atoms with van der Waals surface area (Å²) in [4.78, 5) is 12.1. The number of benzene rings is 2.